The third-order valence-electron chi connectivity index (χ3n) is 3.56. The van der Waals surface area contributed by atoms with E-state index in [2.05, 4.69) is 6.92 Å². The number of ether oxygens (including phenoxy) is 2. The van der Waals surface area contributed by atoms with Gasteiger partial charge in [-0.2, -0.15) is 0 Å². The van der Waals surface area contributed by atoms with Crippen molar-refractivity contribution in [2.24, 2.45) is 11.3 Å². The number of hydrogen-bond acceptors (Lipinski definition) is 3. The second-order valence-corrected chi connectivity index (χ2v) is 5.36. The van der Waals surface area contributed by atoms with Gasteiger partial charge in [0.05, 0.1) is 18.6 Å². The molecule has 1 rings (SSSR count). The molecule has 0 N–H and O–H groups in total. The molecule has 0 radical (unpaired) electrons. The predicted molar refractivity (Wildman–Crippen MR) is 58.6 cm³/mol. The van der Waals surface area contributed by atoms with Crippen molar-refractivity contribution in [1.82, 2.24) is 0 Å². The molecular weight excluding hydrogens is 192 g/mol. The summed E-state index contributed by atoms with van der Waals surface area (Å²) in [6.45, 7) is 11.0. The highest BCUT2D eigenvalue weighted by molar-refractivity contribution is 5.76. The van der Waals surface area contributed by atoms with Crippen LogP contribution in [0.15, 0.2) is 0 Å². The van der Waals surface area contributed by atoms with E-state index in [9.17, 15) is 4.79 Å². The van der Waals surface area contributed by atoms with Gasteiger partial charge in [-0.3, -0.25) is 4.79 Å². The van der Waals surface area contributed by atoms with Gasteiger partial charge in [0.15, 0.2) is 0 Å². The number of rotatable bonds is 3. The normalized spacial score (nSPS) is 31.7. The van der Waals surface area contributed by atoms with Crippen LogP contribution in [0.25, 0.3) is 0 Å². The first-order chi connectivity index (χ1) is 6.82. The Balaban J connectivity index is 2.65. The average Bonchev–Trinajstić information content (AvgIpc) is 2.47. The van der Waals surface area contributed by atoms with Crippen LogP contribution in [0, 0.1) is 11.3 Å². The minimum absolute atomic E-state index is 0.121. The fourth-order valence-corrected chi connectivity index (χ4v) is 1.38. The standard InChI is InChI=1S/C12H22O3/c1-6-11(3,4)10(13)15-12(5)8-14-7-9(12)2/h9H,6-8H2,1-5H3. The quantitative estimate of drug-likeness (QED) is 0.677. The van der Waals surface area contributed by atoms with E-state index >= 15 is 0 Å². The molecule has 2 atom stereocenters. The van der Waals surface area contributed by atoms with Crippen LogP contribution in [0.1, 0.15) is 41.0 Å². The summed E-state index contributed by atoms with van der Waals surface area (Å²) in [6.07, 6.45) is 0.789. The molecule has 88 valence electrons. The third-order valence-corrected chi connectivity index (χ3v) is 3.56. The van der Waals surface area contributed by atoms with E-state index in [4.69, 9.17) is 9.47 Å². The lowest BCUT2D eigenvalue weighted by molar-refractivity contribution is -0.172. The molecule has 1 fully saturated rings. The molecule has 15 heavy (non-hydrogen) atoms. The lowest BCUT2D eigenvalue weighted by atomic mass is 9.89. The molecule has 3 heteroatoms. The van der Waals surface area contributed by atoms with Crippen LogP contribution >= 0.6 is 0 Å². The minimum atomic E-state index is -0.441. The summed E-state index contributed by atoms with van der Waals surface area (Å²) < 4.78 is 10.9. The first-order valence-electron chi connectivity index (χ1n) is 5.63. The van der Waals surface area contributed by atoms with Gasteiger partial charge in [0, 0.05) is 5.92 Å². The fourth-order valence-electron chi connectivity index (χ4n) is 1.38. The van der Waals surface area contributed by atoms with E-state index in [1.165, 1.54) is 0 Å². The highest BCUT2D eigenvalue weighted by Gasteiger charge is 2.43. The summed E-state index contributed by atoms with van der Waals surface area (Å²) >= 11 is 0. The Hall–Kier alpha value is -0.570. The van der Waals surface area contributed by atoms with Gasteiger partial charge in [-0.1, -0.05) is 13.8 Å². The fraction of sp³-hybridized carbons (Fsp3) is 0.917. The Bertz CT molecular complexity index is 247. The zero-order chi connectivity index (χ0) is 11.7. The summed E-state index contributed by atoms with van der Waals surface area (Å²) in [6, 6.07) is 0. The highest BCUT2D eigenvalue weighted by atomic mass is 16.6. The predicted octanol–water partition coefficient (Wildman–Crippen LogP) is 2.39. The van der Waals surface area contributed by atoms with Gasteiger partial charge >= 0.3 is 5.97 Å². The van der Waals surface area contributed by atoms with E-state index in [0.29, 0.717) is 13.2 Å². The molecule has 0 saturated carbocycles. The Kier molecular flexibility index (Phi) is 3.44. The summed E-state index contributed by atoms with van der Waals surface area (Å²) in [7, 11) is 0. The van der Waals surface area contributed by atoms with Crippen molar-refractivity contribution in [3.8, 4) is 0 Å². The van der Waals surface area contributed by atoms with Crippen molar-refractivity contribution in [2.75, 3.05) is 13.2 Å². The molecule has 0 amide bonds. The van der Waals surface area contributed by atoms with E-state index in [1.54, 1.807) is 0 Å². The molecule has 3 nitrogen and oxygen atoms in total. The number of carbonyl (C=O) groups is 1. The summed E-state index contributed by atoms with van der Waals surface area (Å²) in [5.74, 6) is 0.152. The minimum Gasteiger partial charge on any atom is -0.456 e. The van der Waals surface area contributed by atoms with Crippen LogP contribution in [-0.4, -0.2) is 24.8 Å². The first kappa shape index (κ1) is 12.5. The lowest BCUT2D eigenvalue weighted by Gasteiger charge is -2.31. The van der Waals surface area contributed by atoms with Crippen LogP contribution in [0.4, 0.5) is 0 Å². The lowest BCUT2D eigenvalue weighted by Crippen LogP contribution is -2.41. The molecule has 0 aliphatic carbocycles. The summed E-state index contributed by atoms with van der Waals surface area (Å²) in [4.78, 5) is 11.9. The van der Waals surface area contributed by atoms with Gasteiger partial charge in [-0.15, -0.1) is 0 Å². The Labute approximate surface area is 92.1 Å². The Morgan fingerprint density at radius 1 is 1.60 bits per heavy atom. The molecular formula is C12H22O3. The van der Waals surface area contributed by atoms with Crippen molar-refractivity contribution in [2.45, 2.75) is 46.6 Å². The van der Waals surface area contributed by atoms with Crippen molar-refractivity contribution in [3.63, 3.8) is 0 Å². The Morgan fingerprint density at radius 3 is 2.60 bits per heavy atom. The Morgan fingerprint density at radius 2 is 2.20 bits per heavy atom. The zero-order valence-corrected chi connectivity index (χ0v) is 10.4. The first-order valence-corrected chi connectivity index (χ1v) is 5.63. The molecule has 1 heterocycles. The highest BCUT2D eigenvalue weighted by Crippen LogP contribution is 2.32. The molecule has 1 saturated heterocycles. The van der Waals surface area contributed by atoms with Gasteiger partial charge in [-0.05, 0) is 27.2 Å². The zero-order valence-electron chi connectivity index (χ0n) is 10.4. The van der Waals surface area contributed by atoms with Crippen LogP contribution < -0.4 is 0 Å². The van der Waals surface area contributed by atoms with Gasteiger partial charge in [0.2, 0.25) is 0 Å². The molecule has 1 aliphatic heterocycles. The number of carbonyl (C=O) groups excluding carboxylic acids is 1. The summed E-state index contributed by atoms with van der Waals surface area (Å²) in [5, 5.41) is 0. The van der Waals surface area contributed by atoms with Gasteiger partial charge < -0.3 is 9.47 Å². The van der Waals surface area contributed by atoms with Gasteiger partial charge in [-0.25, -0.2) is 0 Å². The van der Waals surface area contributed by atoms with E-state index in [-0.39, 0.29) is 11.9 Å². The molecule has 2 unspecified atom stereocenters. The van der Waals surface area contributed by atoms with Crippen molar-refractivity contribution in [1.29, 1.82) is 0 Å². The third kappa shape index (κ3) is 2.51. The maximum atomic E-state index is 11.9. The monoisotopic (exact) mass is 214 g/mol. The number of hydrogen-bond donors (Lipinski definition) is 0. The van der Waals surface area contributed by atoms with Crippen LogP contribution in [0.2, 0.25) is 0 Å². The average molecular weight is 214 g/mol. The molecule has 0 aromatic heterocycles. The van der Waals surface area contributed by atoms with Crippen molar-refractivity contribution < 1.29 is 14.3 Å². The second-order valence-electron chi connectivity index (χ2n) is 5.36. The molecule has 0 spiro atoms. The largest absolute Gasteiger partial charge is 0.456 e. The van der Waals surface area contributed by atoms with Gasteiger partial charge in [0.25, 0.3) is 0 Å². The molecule has 0 aromatic rings. The van der Waals surface area contributed by atoms with Crippen LogP contribution in [-0.2, 0) is 14.3 Å². The van der Waals surface area contributed by atoms with Gasteiger partial charge in [0.1, 0.15) is 5.60 Å². The van der Waals surface area contributed by atoms with Crippen molar-refractivity contribution in [3.05, 3.63) is 0 Å². The molecule has 0 bridgehead atoms. The molecule has 0 aromatic carbocycles. The SMILES string of the molecule is CCC(C)(C)C(=O)OC1(C)COCC1C. The maximum Gasteiger partial charge on any atom is 0.312 e. The van der Waals surface area contributed by atoms with E-state index in [1.807, 2.05) is 27.7 Å². The van der Waals surface area contributed by atoms with E-state index in [0.717, 1.165) is 6.42 Å². The smallest absolute Gasteiger partial charge is 0.312 e. The summed E-state index contributed by atoms with van der Waals surface area (Å²) in [5.41, 5.74) is -0.838. The molecule has 1 aliphatic rings. The number of esters is 1. The van der Waals surface area contributed by atoms with E-state index < -0.39 is 11.0 Å². The second kappa shape index (κ2) is 4.12. The van der Waals surface area contributed by atoms with Crippen LogP contribution in [0.5, 0.6) is 0 Å². The van der Waals surface area contributed by atoms with Crippen molar-refractivity contribution >= 4 is 5.97 Å². The maximum absolute atomic E-state index is 11.9. The van der Waals surface area contributed by atoms with Crippen LogP contribution in [0.3, 0.4) is 0 Å². The topological polar surface area (TPSA) is 35.5 Å².